The van der Waals surface area contributed by atoms with Crippen LogP contribution in [0.15, 0.2) is 106 Å². The first-order valence-electron chi connectivity index (χ1n) is 6.66. The highest BCUT2D eigenvalue weighted by molar-refractivity contribution is 8.00. The van der Waals surface area contributed by atoms with Crippen molar-refractivity contribution in [1.82, 2.24) is 0 Å². The Morgan fingerprint density at radius 2 is 1.40 bits per heavy atom. The molecule has 0 heterocycles. The minimum Gasteiger partial charge on any atom is -0.0940 e. The Kier molecular flexibility index (Phi) is 5.45. The molecule has 0 nitrogen and oxygen atoms in total. The number of hydrogen-bond donors (Lipinski definition) is 0. The molecule has 100 valence electrons. The molecule has 20 heavy (non-hydrogen) atoms. The number of benzene rings is 2. The van der Waals surface area contributed by atoms with Gasteiger partial charge in [0.1, 0.15) is 0 Å². The Morgan fingerprint density at radius 1 is 0.900 bits per heavy atom. The third-order valence-corrected chi connectivity index (χ3v) is 5.11. The molecule has 0 N–H and O–H groups in total. The standard InChI is InChI=1S/C19H19S/c1-3-5-12-17(4-2)20(18-13-8-6-9-14-18)19-15-10-7-11-16-19/h3-16H,2H2,1H3/q+1/b5-3-,17-12+. The molecule has 1 heteroatoms. The van der Waals surface area contributed by atoms with Crippen LogP contribution in [-0.4, -0.2) is 0 Å². The van der Waals surface area contributed by atoms with Crippen LogP contribution in [-0.2, 0) is 10.9 Å². The van der Waals surface area contributed by atoms with E-state index in [9.17, 15) is 0 Å². The van der Waals surface area contributed by atoms with E-state index in [4.69, 9.17) is 0 Å². The molecule has 0 atom stereocenters. The minimum absolute atomic E-state index is 0.0987. The normalized spacial score (nSPS) is 12.0. The Bertz CT molecular complexity index is 555. The van der Waals surface area contributed by atoms with Crippen molar-refractivity contribution >= 4 is 10.9 Å². The summed E-state index contributed by atoms with van der Waals surface area (Å²) in [4.78, 5) is 3.87. The Balaban J connectivity index is 2.52. The molecule has 0 bridgehead atoms. The van der Waals surface area contributed by atoms with Crippen LogP contribution in [0.3, 0.4) is 0 Å². The largest absolute Gasteiger partial charge is 0.166 e. The van der Waals surface area contributed by atoms with Crippen LogP contribution in [0.1, 0.15) is 6.92 Å². The molecule has 0 amide bonds. The van der Waals surface area contributed by atoms with Crippen molar-refractivity contribution in [1.29, 1.82) is 0 Å². The maximum atomic E-state index is 3.99. The second kappa shape index (κ2) is 7.56. The van der Waals surface area contributed by atoms with E-state index in [1.54, 1.807) is 0 Å². The van der Waals surface area contributed by atoms with E-state index in [1.165, 1.54) is 14.7 Å². The number of rotatable bonds is 5. The monoisotopic (exact) mass is 279 g/mol. The van der Waals surface area contributed by atoms with E-state index in [-0.39, 0.29) is 10.9 Å². The maximum absolute atomic E-state index is 3.99. The van der Waals surface area contributed by atoms with E-state index in [0.29, 0.717) is 0 Å². The average Bonchev–Trinajstić information content (AvgIpc) is 2.53. The molecule has 0 radical (unpaired) electrons. The quantitative estimate of drug-likeness (QED) is 0.510. The van der Waals surface area contributed by atoms with Gasteiger partial charge in [0.2, 0.25) is 0 Å². The molecule has 2 aromatic carbocycles. The summed E-state index contributed by atoms with van der Waals surface area (Å²) in [6.07, 6.45) is 8.23. The first kappa shape index (κ1) is 14.4. The lowest BCUT2D eigenvalue weighted by atomic mass is 10.4. The zero-order valence-corrected chi connectivity index (χ0v) is 12.5. The fourth-order valence-corrected chi connectivity index (χ4v) is 3.99. The molecule has 0 spiro atoms. The number of hydrogen-bond acceptors (Lipinski definition) is 0. The molecule has 0 aliphatic rings. The molecular formula is C19H19S+. The molecule has 2 rings (SSSR count). The molecule has 0 unspecified atom stereocenters. The first-order chi connectivity index (χ1) is 9.86. The summed E-state index contributed by atoms with van der Waals surface area (Å²) in [5.41, 5.74) is 0. The van der Waals surface area contributed by atoms with Gasteiger partial charge in [0.15, 0.2) is 14.7 Å². The van der Waals surface area contributed by atoms with Crippen LogP contribution in [0, 0.1) is 0 Å². The molecule has 0 aliphatic heterocycles. The highest BCUT2D eigenvalue weighted by atomic mass is 32.2. The van der Waals surface area contributed by atoms with Gasteiger partial charge < -0.3 is 0 Å². The molecule has 2 aromatic rings. The Morgan fingerprint density at radius 3 is 1.80 bits per heavy atom. The van der Waals surface area contributed by atoms with Crippen LogP contribution >= 0.6 is 0 Å². The topological polar surface area (TPSA) is 0 Å². The molecule has 0 saturated heterocycles. The summed E-state index contributed by atoms with van der Waals surface area (Å²) < 4.78 is 0. The summed E-state index contributed by atoms with van der Waals surface area (Å²) in [6.45, 7) is 6.02. The van der Waals surface area contributed by atoms with Gasteiger partial charge in [0.05, 0.1) is 10.9 Å². The third kappa shape index (κ3) is 3.52. The molecule has 0 aliphatic carbocycles. The first-order valence-corrected chi connectivity index (χ1v) is 7.89. The Hall–Kier alpha value is -1.99. The zero-order valence-electron chi connectivity index (χ0n) is 11.7. The van der Waals surface area contributed by atoms with Crippen molar-refractivity contribution in [3.05, 3.63) is 96.5 Å². The summed E-state index contributed by atoms with van der Waals surface area (Å²) in [7, 11) is -0.0987. The van der Waals surface area contributed by atoms with E-state index in [2.05, 4.69) is 79.4 Å². The van der Waals surface area contributed by atoms with Crippen LogP contribution in [0.2, 0.25) is 0 Å². The van der Waals surface area contributed by atoms with E-state index in [1.807, 2.05) is 19.1 Å². The molecular weight excluding hydrogens is 260 g/mol. The SMILES string of the molecule is C=C/C(=C\C=C/C)[S+](c1ccccc1)c1ccccc1. The summed E-state index contributed by atoms with van der Waals surface area (Å²) >= 11 is 0. The zero-order chi connectivity index (χ0) is 14.2. The summed E-state index contributed by atoms with van der Waals surface area (Å²) in [5, 5.41) is 0. The Labute approximate surface area is 124 Å². The summed E-state index contributed by atoms with van der Waals surface area (Å²) in [6, 6.07) is 21.2. The van der Waals surface area contributed by atoms with Crippen LogP contribution < -0.4 is 0 Å². The smallest absolute Gasteiger partial charge is 0.0940 e. The minimum atomic E-state index is -0.0987. The predicted molar refractivity (Wildman–Crippen MR) is 89.9 cm³/mol. The van der Waals surface area contributed by atoms with Crippen LogP contribution in [0.25, 0.3) is 0 Å². The fourth-order valence-electron chi connectivity index (χ4n) is 1.93. The highest BCUT2D eigenvalue weighted by Gasteiger charge is 2.28. The van der Waals surface area contributed by atoms with Crippen molar-refractivity contribution in [2.24, 2.45) is 0 Å². The van der Waals surface area contributed by atoms with E-state index in [0.717, 1.165) is 0 Å². The lowest BCUT2D eigenvalue weighted by molar-refractivity contribution is 1.38. The van der Waals surface area contributed by atoms with Crippen LogP contribution in [0.5, 0.6) is 0 Å². The van der Waals surface area contributed by atoms with Crippen molar-refractivity contribution in [3.63, 3.8) is 0 Å². The van der Waals surface area contributed by atoms with Gasteiger partial charge in [0, 0.05) is 0 Å². The maximum Gasteiger partial charge on any atom is 0.166 e. The van der Waals surface area contributed by atoms with Gasteiger partial charge in [-0.1, -0.05) is 55.1 Å². The van der Waals surface area contributed by atoms with Crippen LogP contribution in [0.4, 0.5) is 0 Å². The molecule has 0 aromatic heterocycles. The van der Waals surface area contributed by atoms with Crippen molar-refractivity contribution in [2.75, 3.05) is 0 Å². The van der Waals surface area contributed by atoms with Gasteiger partial charge in [-0.05, 0) is 43.3 Å². The average molecular weight is 279 g/mol. The van der Waals surface area contributed by atoms with Crippen molar-refractivity contribution in [3.8, 4) is 0 Å². The molecule has 0 saturated carbocycles. The number of allylic oxidation sites excluding steroid dienone is 4. The fraction of sp³-hybridized carbons (Fsp3) is 0.0526. The van der Waals surface area contributed by atoms with Gasteiger partial charge >= 0.3 is 0 Å². The second-order valence-electron chi connectivity index (χ2n) is 4.23. The van der Waals surface area contributed by atoms with Gasteiger partial charge in [0.25, 0.3) is 0 Å². The highest BCUT2D eigenvalue weighted by Crippen LogP contribution is 2.30. The van der Waals surface area contributed by atoms with E-state index < -0.39 is 0 Å². The van der Waals surface area contributed by atoms with Crippen molar-refractivity contribution < 1.29 is 0 Å². The van der Waals surface area contributed by atoms with Gasteiger partial charge in [-0.3, -0.25) is 0 Å². The van der Waals surface area contributed by atoms with Gasteiger partial charge in [-0.15, -0.1) is 0 Å². The predicted octanol–water partition coefficient (Wildman–Crippen LogP) is 5.37. The lowest BCUT2D eigenvalue weighted by Crippen LogP contribution is -2.05. The van der Waals surface area contributed by atoms with E-state index >= 15 is 0 Å². The van der Waals surface area contributed by atoms with Gasteiger partial charge in [-0.2, -0.15) is 0 Å². The van der Waals surface area contributed by atoms with Gasteiger partial charge in [-0.25, -0.2) is 0 Å². The molecule has 0 fully saturated rings. The summed E-state index contributed by atoms with van der Waals surface area (Å²) in [5.74, 6) is 0. The lowest BCUT2D eigenvalue weighted by Gasteiger charge is -2.07. The van der Waals surface area contributed by atoms with Crippen molar-refractivity contribution in [2.45, 2.75) is 16.7 Å². The second-order valence-corrected chi connectivity index (χ2v) is 6.26. The third-order valence-electron chi connectivity index (χ3n) is 2.85.